The Morgan fingerprint density at radius 2 is 1.83 bits per heavy atom. The zero-order chi connectivity index (χ0) is 13.5. The Kier molecular flexibility index (Phi) is 4.68. The van der Waals surface area contributed by atoms with Gasteiger partial charge in [0.2, 0.25) is 17.7 Å². The summed E-state index contributed by atoms with van der Waals surface area (Å²) in [6.07, 6.45) is 0. The van der Waals surface area contributed by atoms with Crippen LogP contribution in [0.5, 0.6) is 11.8 Å². The second kappa shape index (κ2) is 6.24. The third-order valence-electron chi connectivity index (χ3n) is 1.96. The molecular weight excluding hydrogens is 240 g/mol. The van der Waals surface area contributed by atoms with Crippen LogP contribution in [0.1, 0.15) is 5.56 Å². The summed E-state index contributed by atoms with van der Waals surface area (Å²) in [7, 11) is 4.00. The van der Waals surface area contributed by atoms with Crippen LogP contribution in [0.15, 0.2) is 0 Å². The Labute approximate surface area is 104 Å². The lowest BCUT2D eigenvalue weighted by atomic mass is 10.3. The van der Waals surface area contributed by atoms with Crippen molar-refractivity contribution in [1.29, 1.82) is 5.26 Å². The van der Waals surface area contributed by atoms with Gasteiger partial charge in [-0.2, -0.15) is 15.2 Å². The topological polar surface area (TPSA) is 106 Å². The quantitative estimate of drug-likeness (QED) is 0.727. The maximum atomic E-state index is 11.0. The predicted octanol–water partition coefficient (Wildman–Crippen LogP) is -0.0496. The molecule has 0 aliphatic carbocycles. The summed E-state index contributed by atoms with van der Waals surface area (Å²) in [6.45, 7) is -0.102. The number of anilines is 1. The second-order valence-electron chi connectivity index (χ2n) is 2.98. The molecule has 0 aliphatic heterocycles. The van der Waals surface area contributed by atoms with Crippen LogP contribution in [-0.2, 0) is 9.53 Å². The maximum absolute atomic E-state index is 11.0. The second-order valence-corrected chi connectivity index (χ2v) is 2.98. The number of esters is 1. The molecular formula is C10H12N4O4. The van der Waals surface area contributed by atoms with E-state index in [2.05, 4.69) is 20.0 Å². The van der Waals surface area contributed by atoms with Gasteiger partial charge in [-0.25, -0.2) is 0 Å². The normalized spacial score (nSPS) is 9.22. The summed E-state index contributed by atoms with van der Waals surface area (Å²) in [4.78, 5) is 18.8. The van der Waals surface area contributed by atoms with Gasteiger partial charge in [0, 0.05) is 0 Å². The molecule has 8 heteroatoms. The van der Waals surface area contributed by atoms with Crippen LogP contribution in [0.2, 0.25) is 0 Å². The molecule has 0 spiro atoms. The highest BCUT2D eigenvalue weighted by molar-refractivity contribution is 5.74. The summed E-state index contributed by atoms with van der Waals surface area (Å²) >= 11 is 0. The molecule has 96 valence electrons. The number of nitriles is 1. The van der Waals surface area contributed by atoms with Crippen molar-refractivity contribution in [2.24, 2.45) is 0 Å². The van der Waals surface area contributed by atoms with Crippen molar-refractivity contribution in [3.8, 4) is 17.8 Å². The third-order valence-corrected chi connectivity index (χ3v) is 1.96. The number of carbonyl (C=O) groups excluding carboxylic acids is 1. The van der Waals surface area contributed by atoms with Gasteiger partial charge < -0.3 is 19.5 Å². The van der Waals surface area contributed by atoms with Crippen LogP contribution in [0, 0.1) is 11.3 Å². The van der Waals surface area contributed by atoms with Gasteiger partial charge in [0.25, 0.3) is 0 Å². The molecule has 0 amide bonds. The highest BCUT2D eigenvalue weighted by Gasteiger charge is 2.16. The number of hydrogen-bond donors (Lipinski definition) is 1. The van der Waals surface area contributed by atoms with E-state index in [1.165, 1.54) is 21.3 Å². The Bertz CT molecular complexity index is 458. The molecule has 18 heavy (non-hydrogen) atoms. The number of nitrogens with zero attached hydrogens (tertiary/aromatic N) is 3. The molecule has 0 radical (unpaired) electrons. The number of carbonyl (C=O) groups is 1. The minimum atomic E-state index is -0.471. The van der Waals surface area contributed by atoms with Crippen molar-refractivity contribution in [3.63, 3.8) is 0 Å². The monoisotopic (exact) mass is 252 g/mol. The summed E-state index contributed by atoms with van der Waals surface area (Å²) in [5.74, 6) is -0.234. The van der Waals surface area contributed by atoms with Gasteiger partial charge in [0.15, 0.2) is 5.56 Å². The van der Waals surface area contributed by atoms with E-state index in [-0.39, 0.29) is 29.8 Å². The first-order valence-corrected chi connectivity index (χ1v) is 4.87. The van der Waals surface area contributed by atoms with Gasteiger partial charge >= 0.3 is 5.97 Å². The highest BCUT2D eigenvalue weighted by Crippen LogP contribution is 2.25. The van der Waals surface area contributed by atoms with Crippen molar-refractivity contribution in [3.05, 3.63) is 5.56 Å². The molecule has 0 bridgehead atoms. The number of aromatic nitrogens is 2. The van der Waals surface area contributed by atoms with Gasteiger partial charge in [-0.15, -0.1) is 0 Å². The maximum Gasteiger partial charge on any atom is 0.325 e. The first-order chi connectivity index (χ1) is 8.65. The number of ether oxygens (including phenoxy) is 3. The van der Waals surface area contributed by atoms with Crippen LogP contribution < -0.4 is 14.8 Å². The molecule has 1 heterocycles. The largest absolute Gasteiger partial charge is 0.480 e. The van der Waals surface area contributed by atoms with Crippen LogP contribution in [-0.4, -0.2) is 43.8 Å². The van der Waals surface area contributed by atoms with Crippen molar-refractivity contribution in [1.82, 2.24) is 9.97 Å². The predicted molar refractivity (Wildman–Crippen MR) is 60.4 cm³/mol. The van der Waals surface area contributed by atoms with Crippen molar-refractivity contribution in [2.75, 3.05) is 33.2 Å². The summed E-state index contributed by atoms with van der Waals surface area (Å²) in [5, 5.41) is 11.6. The summed E-state index contributed by atoms with van der Waals surface area (Å²) < 4.78 is 14.3. The molecule has 1 N–H and O–H groups in total. The Hall–Kier alpha value is -2.56. The van der Waals surface area contributed by atoms with E-state index in [1.54, 1.807) is 0 Å². The summed E-state index contributed by atoms with van der Waals surface area (Å²) in [5.41, 5.74) is 0.0867. The molecule has 8 nitrogen and oxygen atoms in total. The molecule has 0 atom stereocenters. The van der Waals surface area contributed by atoms with Gasteiger partial charge in [-0.05, 0) is 0 Å². The van der Waals surface area contributed by atoms with E-state index in [1.807, 2.05) is 6.07 Å². The lowest BCUT2D eigenvalue weighted by molar-refractivity contribution is -0.138. The third kappa shape index (κ3) is 2.98. The summed E-state index contributed by atoms with van der Waals surface area (Å²) in [6, 6.07) is 1.87. The molecule has 0 aromatic carbocycles. The molecule has 0 saturated heterocycles. The molecule has 0 unspecified atom stereocenters. The fourth-order valence-electron chi connectivity index (χ4n) is 1.11. The lowest BCUT2D eigenvalue weighted by Crippen LogP contribution is -2.17. The lowest BCUT2D eigenvalue weighted by Gasteiger charge is -2.09. The zero-order valence-electron chi connectivity index (χ0n) is 10.2. The van der Waals surface area contributed by atoms with E-state index in [4.69, 9.17) is 14.7 Å². The van der Waals surface area contributed by atoms with Gasteiger partial charge in [-0.3, -0.25) is 4.79 Å². The first kappa shape index (κ1) is 13.5. The smallest absolute Gasteiger partial charge is 0.325 e. The molecule has 1 rings (SSSR count). The van der Waals surface area contributed by atoms with Crippen LogP contribution in [0.3, 0.4) is 0 Å². The van der Waals surface area contributed by atoms with Crippen molar-refractivity contribution in [2.45, 2.75) is 0 Å². The van der Waals surface area contributed by atoms with Crippen LogP contribution in [0.25, 0.3) is 0 Å². The standard InChI is InChI=1S/C10H12N4O4/c1-16-7(15)5-12-10-13-8(17-2)6(4-11)9(14-10)18-3/h5H2,1-3H3,(H,12,13,14). The molecule has 1 aromatic rings. The fraction of sp³-hybridized carbons (Fsp3) is 0.400. The molecule has 0 saturated carbocycles. The Morgan fingerprint density at radius 1 is 1.28 bits per heavy atom. The van der Waals surface area contributed by atoms with E-state index in [9.17, 15) is 4.79 Å². The van der Waals surface area contributed by atoms with Gasteiger partial charge in [-0.1, -0.05) is 0 Å². The first-order valence-electron chi connectivity index (χ1n) is 4.87. The zero-order valence-corrected chi connectivity index (χ0v) is 10.2. The van der Waals surface area contributed by atoms with Crippen LogP contribution in [0.4, 0.5) is 5.95 Å². The fourth-order valence-corrected chi connectivity index (χ4v) is 1.11. The highest BCUT2D eigenvalue weighted by atomic mass is 16.5. The van der Waals surface area contributed by atoms with E-state index >= 15 is 0 Å². The Balaban J connectivity index is 3.01. The molecule has 0 aliphatic rings. The SMILES string of the molecule is COC(=O)CNc1nc(OC)c(C#N)c(OC)n1. The van der Waals surface area contributed by atoms with Gasteiger partial charge in [0.05, 0.1) is 21.3 Å². The van der Waals surface area contributed by atoms with E-state index in [0.29, 0.717) is 0 Å². The number of hydrogen-bond acceptors (Lipinski definition) is 8. The molecule has 1 aromatic heterocycles. The number of nitrogens with one attached hydrogen (secondary N) is 1. The van der Waals surface area contributed by atoms with E-state index in [0.717, 1.165) is 0 Å². The van der Waals surface area contributed by atoms with Gasteiger partial charge in [0.1, 0.15) is 12.6 Å². The Morgan fingerprint density at radius 3 is 2.22 bits per heavy atom. The number of methoxy groups -OCH3 is 3. The minimum Gasteiger partial charge on any atom is -0.480 e. The van der Waals surface area contributed by atoms with Crippen molar-refractivity contribution >= 4 is 11.9 Å². The average molecular weight is 252 g/mol. The minimum absolute atomic E-state index is 0.0664. The van der Waals surface area contributed by atoms with E-state index < -0.39 is 5.97 Å². The average Bonchev–Trinajstić information content (AvgIpc) is 2.43. The van der Waals surface area contributed by atoms with Crippen molar-refractivity contribution < 1.29 is 19.0 Å². The molecule has 0 fully saturated rings. The number of rotatable bonds is 5. The van der Waals surface area contributed by atoms with Crippen LogP contribution >= 0.6 is 0 Å².